The van der Waals surface area contributed by atoms with Crippen LogP contribution < -0.4 is 27.2 Å². The summed E-state index contributed by atoms with van der Waals surface area (Å²) < 4.78 is 27.8. The maximum Gasteiger partial charge on any atom is 0.326 e. The Morgan fingerprint density at radius 1 is 1.15 bits per heavy atom. The summed E-state index contributed by atoms with van der Waals surface area (Å²) in [6.45, 7) is 1.50. The van der Waals surface area contributed by atoms with Crippen molar-refractivity contribution in [2.75, 3.05) is 23.7 Å². The number of aromatic nitrogens is 2. The second kappa shape index (κ2) is 11.1. The number of anilines is 2. The van der Waals surface area contributed by atoms with Crippen LogP contribution in [-0.4, -0.2) is 34.0 Å². The van der Waals surface area contributed by atoms with E-state index < -0.39 is 33.8 Å². The van der Waals surface area contributed by atoms with E-state index in [9.17, 15) is 28.5 Å². The van der Waals surface area contributed by atoms with Gasteiger partial charge in [-0.15, -0.1) is 0 Å². The molecule has 1 heterocycles. The van der Waals surface area contributed by atoms with Gasteiger partial charge < -0.3 is 16.4 Å². The Bertz CT molecular complexity index is 1270. The van der Waals surface area contributed by atoms with Crippen molar-refractivity contribution in [1.29, 1.82) is 0 Å². The van der Waals surface area contributed by atoms with Crippen LogP contribution in [0.5, 0.6) is 0 Å². The molecule has 178 valence electrons. The number of nitrogens with one attached hydrogen (secondary N) is 4. The van der Waals surface area contributed by atoms with Crippen LogP contribution in [0.3, 0.4) is 0 Å². The molecule has 11 nitrogen and oxygen atoms in total. The van der Waals surface area contributed by atoms with Gasteiger partial charge >= 0.3 is 11.7 Å². The summed E-state index contributed by atoms with van der Waals surface area (Å²) in [5.41, 5.74) is 4.75. The Balaban J connectivity index is 1.67. The number of benzene rings is 2. The number of nitrogens with two attached hydrogens (primary N) is 1. The lowest BCUT2D eigenvalue weighted by Gasteiger charge is -2.09. The van der Waals surface area contributed by atoms with Crippen LogP contribution in [-0.2, 0) is 6.54 Å². The standard InChI is InChI=1S/C21H21F2N7O4/c22-16-5-4-14(9-18(16)30(33)34)27-21(32)29-20-26-11-15(19(31)28-20)12-2-3-13(17(23)8-12)10-25-7-1-6-24/h2-5,8-9,11,25H,1,6-7,10,24H2,(H3,26,27,28,29,31,32). The second-order valence-electron chi connectivity index (χ2n) is 7.10. The summed E-state index contributed by atoms with van der Waals surface area (Å²) in [5.74, 6) is -1.76. The van der Waals surface area contributed by atoms with Crippen molar-refractivity contribution in [3.63, 3.8) is 0 Å². The molecule has 1 aromatic heterocycles. The lowest BCUT2D eigenvalue weighted by molar-refractivity contribution is -0.387. The number of nitrogens with zero attached hydrogens (tertiary/aromatic N) is 2. The largest absolute Gasteiger partial charge is 0.330 e. The van der Waals surface area contributed by atoms with Gasteiger partial charge in [-0.25, -0.2) is 14.2 Å². The third-order valence-electron chi connectivity index (χ3n) is 4.67. The van der Waals surface area contributed by atoms with Crippen molar-refractivity contribution in [2.24, 2.45) is 5.73 Å². The van der Waals surface area contributed by atoms with E-state index in [-0.39, 0.29) is 17.2 Å². The van der Waals surface area contributed by atoms with E-state index in [1.807, 2.05) is 0 Å². The van der Waals surface area contributed by atoms with Crippen molar-refractivity contribution in [1.82, 2.24) is 15.3 Å². The van der Waals surface area contributed by atoms with Gasteiger partial charge in [0.1, 0.15) is 5.82 Å². The Labute approximate surface area is 191 Å². The van der Waals surface area contributed by atoms with E-state index in [1.54, 1.807) is 12.1 Å². The van der Waals surface area contributed by atoms with Crippen molar-refractivity contribution >= 4 is 23.4 Å². The SMILES string of the molecule is NCCCNCc1ccc(-c2cnc(NC(=O)Nc3ccc(F)c([N+](=O)[O-])c3)[nH]c2=O)cc1F. The van der Waals surface area contributed by atoms with E-state index in [1.165, 1.54) is 12.3 Å². The van der Waals surface area contributed by atoms with Gasteiger partial charge in [0.2, 0.25) is 11.8 Å². The Kier molecular flexibility index (Phi) is 7.95. The van der Waals surface area contributed by atoms with Crippen LogP contribution in [0.15, 0.2) is 47.4 Å². The summed E-state index contributed by atoms with van der Waals surface area (Å²) in [5, 5.41) is 18.4. The number of hydrogen-bond acceptors (Lipinski definition) is 7. The number of aromatic amines is 1. The molecule has 13 heteroatoms. The van der Waals surface area contributed by atoms with Crippen molar-refractivity contribution in [2.45, 2.75) is 13.0 Å². The average Bonchev–Trinajstić information content (AvgIpc) is 2.79. The summed E-state index contributed by atoms with van der Waals surface area (Å²) in [7, 11) is 0. The number of nitro groups is 1. The van der Waals surface area contributed by atoms with Gasteiger partial charge in [-0.2, -0.15) is 4.39 Å². The molecule has 0 fully saturated rings. The Morgan fingerprint density at radius 3 is 2.62 bits per heavy atom. The number of nitro benzene ring substituents is 1. The predicted octanol–water partition coefficient (Wildman–Crippen LogP) is 2.71. The van der Waals surface area contributed by atoms with Crippen LogP contribution in [0.1, 0.15) is 12.0 Å². The molecule has 0 saturated carbocycles. The topological polar surface area (TPSA) is 168 Å². The first-order valence-corrected chi connectivity index (χ1v) is 10.1. The highest BCUT2D eigenvalue weighted by molar-refractivity contribution is 5.98. The van der Waals surface area contributed by atoms with Gasteiger partial charge in [0.25, 0.3) is 5.56 Å². The monoisotopic (exact) mass is 473 g/mol. The smallest absolute Gasteiger partial charge is 0.326 e. The van der Waals surface area contributed by atoms with Gasteiger partial charge in [0, 0.05) is 30.1 Å². The summed E-state index contributed by atoms with van der Waals surface area (Å²) >= 11 is 0. The molecule has 0 aliphatic rings. The highest BCUT2D eigenvalue weighted by Crippen LogP contribution is 2.22. The first-order chi connectivity index (χ1) is 16.3. The van der Waals surface area contributed by atoms with E-state index in [0.29, 0.717) is 30.8 Å². The summed E-state index contributed by atoms with van der Waals surface area (Å²) in [4.78, 5) is 40.7. The van der Waals surface area contributed by atoms with Gasteiger partial charge in [-0.05, 0) is 43.3 Å². The number of H-pyrrole nitrogens is 1. The minimum Gasteiger partial charge on any atom is -0.330 e. The maximum atomic E-state index is 14.4. The van der Waals surface area contributed by atoms with Crippen LogP contribution in [0.2, 0.25) is 0 Å². The Hall–Kier alpha value is -4.23. The molecular weight excluding hydrogens is 452 g/mol. The minimum absolute atomic E-state index is 0.0438. The van der Waals surface area contributed by atoms with E-state index in [0.717, 1.165) is 24.6 Å². The number of carbonyl (C=O) groups is 1. The Morgan fingerprint density at radius 2 is 1.94 bits per heavy atom. The molecule has 0 aliphatic carbocycles. The third-order valence-corrected chi connectivity index (χ3v) is 4.67. The van der Waals surface area contributed by atoms with Gasteiger partial charge in [-0.1, -0.05) is 12.1 Å². The van der Waals surface area contributed by atoms with Crippen LogP contribution in [0, 0.1) is 21.7 Å². The van der Waals surface area contributed by atoms with E-state index >= 15 is 0 Å². The molecule has 0 spiro atoms. The van der Waals surface area contributed by atoms with Gasteiger partial charge in [0.05, 0.1) is 10.5 Å². The molecule has 0 unspecified atom stereocenters. The van der Waals surface area contributed by atoms with Crippen LogP contribution in [0.4, 0.5) is 30.9 Å². The molecular formula is C21H21F2N7O4. The van der Waals surface area contributed by atoms with Crippen LogP contribution >= 0.6 is 0 Å². The molecule has 0 radical (unpaired) electrons. The number of amides is 2. The van der Waals surface area contributed by atoms with Crippen molar-refractivity contribution in [3.8, 4) is 11.1 Å². The second-order valence-corrected chi connectivity index (χ2v) is 7.10. The zero-order valence-electron chi connectivity index (χ0n) is 17.7. The lowest BCUT2D eigenvalue weighted by atomic mass is 10.1. The first kappa shape index (κ1) is 24.4. The maximum absolute atomic E-state index is 14.4. The highest BCUT2D eigenvalue weighted by Gasteiger charge is 2.16. The fourth-order valence-corrected chi connectivity index (χ4v) is 2.97. The average molecular weight is 473 g/mol. The molecule has 6 N–H and O–H groups in total. The molecule has 3 aromatic rings. The molecule has 0 saturated heterocycles. The van der Waals surface area contributed by atoms with Crippen molar-refractivity contribution in [3.05, 3.63) is 80.3 Å². The molecule has 0 aliphatic heterocycles. The van der Waals surface area contributed by atoms with Crippen molar-refractivity contribution < 1.29 is 18.5 Å². The number of rotatable bonds is 9. The predicted molar refractivity (Wildman–Crippen MR) is 121 cm³/mol. The zero-order chi connectivity index (χ0) is 24.7. The molecule has 34 heavy (non-hydrogen) atoms. The molecule has 0 atom stereocenters. The molecule has 2 aromatic carbocycles. The third kappa shape index (κ3) is 6.17. The quantitative estimate of drug-likeness (QED) is 0.181. The molecule has 2 amide bonds. The summed E-state index contributed by atoms with van der Waals surface area (Å²) in [6, 6.07) is 6.29. The molecule has 3 rings (SSSR count). The number of carbonyl (C=O) groups excluding carboxylic acids is 1. The number of halogens is 2. The van der Waals surface area contributed by atoms with Gasteiger partial charge in [0.15, 0.2) is 0 Å². The lowest BCUT2D eigenvalue weighted by Crippen LogP contribution is -2.23. The highest BCUT2D eigenvalue weighted by atomic mass is 19.1. The fourth-order valence-electron chi connectivity index (χ4n) is 2.97. The summed E-state index contributed by atoms with van der Waals surface area (Å²) in [6.07, 6.45) is 1.94. The first-order valence-electron chi connectivity index (χ1n) is 10.1. The zero-order valence-corrected chi connectivity index (χ0v) is 17.7. The number of urea groups is 1. The van der Waals surface area contributed by atoms with Crippen LogP contribution in [0.25, 0.3) is 11.1 Å². The normalized spacial score (nSPS) is 10.7. The fraction of sp³-hybridized carbons (Fsp3) is 0.190. The molecule has 0 bridgehead atoms. The van der Waals surface area contributed by atoms with E-state index in [4.69, 9.17) is 5.73 Å². The van der Waals surface area contributed by atoms with E-state index in [2.05, 4.69) is 25.9 Å². The van der Waals surface area contributed by atoms with Gasteiger partial charge in [-0.3, -0.25) is 25.2 Å². The minimum atomic E-state index is -1.05. The number of hydrogen-bond donors (Lipinski definition) is 5.